The van der Waals surface area contributed by atoms with Gasteiger partial charge in [-0.2, -0.15) is 0 Å². The molecule has 0 aromatic heterocycles. The van der Waals surface area contributed by atoms with Crippen LogP contribution in [0.3, 0.4) is 0 Å². The molecule has 272 valence electrons. The van der Waals surface area contributed by atoms with Crippen LogP contribution in [-0.2, 0) is 10.8 Å². The number of fused-ring (bicyclic) bond motifs is 3. The zero-order valence-electron chi connectivity index (χ0n) is 32.2. The second-order valence-electron chi connectivity index (χ2n) is 17.9. The van der Waals surface area contributed by atoms with Crippen LogP contribution < -0.4 is 9.80 Å². The van der Waals surface area contributed by atoms with E-state index >= 15 is 0 Å². The molecule has 5 aliphatic rings. The van der Waals surface area contributed by atoms with Crippen LogP contribution in [0.4, 0.5) is 34.1 Å². The second kappa shape index (κ2) is 11.6. The Bertz CT molecular complexity index is 2590. The maximum absolute atomic E-state index is 2.56. The van der Waals surface area contributed by atoms with Crippen molar-refractivity contribution in [3.63, 3.8) is 0 Å². The molecule has 0 saturated heterocycles. The lowest BCUT2D eigenvalue weighted by Crippen LogP contribution is -2.87. The highest BCUT2D eigenvalue weighted by molar-refractivity contribution is 5.89. The summed E-state index contributed by atoms with van der Waals surface area (Å²) in [6, 6.07) is 65.4. The van der Waals surface area contributed by atoms with Crippen molar-refractivity contribution in [1.82, 2.24) is 0 Å². The normalized spacial score (nSPS) is 25.1. The molecule has 4 fully saturated rings. The van der Waals surface area contributed by atoms with Gasteiger partial charge in [-0.25, -0.2) is 0 Å². The van der Waals surface area contributed by atoms with Crippen LogP contribution in [0.1, 0.15) is 56.2 Å². The van der Waals surface area contributed by atoms with Gasteiger partial charge in [0.2, 0.25) is 0 Å². The third-order valence-corrected chi connectivity index (χ3v) is 15.2. The van der Waals surface area contributed by atoms with E-state index in [4.69, 9.17) is 0 Å². The number of benzene rings is 7. The van der Waals surface area contributed by atoms with Crippen LogP contribution in [0.5, 0.6) is 0 Å². The Labute approximate surface area is 331 Å². The number of nitrogens with zero attached hydrogens (tertiary/aromatic N) is 2. The van der Waals surface area contributed by atoms with Gasteiger partial charge >= 0.3 is 0 Å². The van der Waals surface area contributed by atoms with E-state index in [-0.39, 0.29) is 5.41 Å². The van der Waals surface area contributed by atoms with E-state index in [1.807, 2.05) is 0 Å². The number of para-hydroxylation sites is 3. The summed E-state index contributed by atoms with van der Waals surface area (Å²) in [5.41, 5.74) is 17.5. The van der Waals surface area contributed by atoms with Crippen LogP contribution in [0.15, 0.2) is 176 Å². The first-order chi connectivity index (χ1) is 27.5. The zero-order valence-corrected chi connectivity index (χ0v) is 32.2. The van der Waals surface area contributed by atoms with Crippen LogP contribution in [0, 0.1) is 23.2 Å². The highest BCUT2D eigenvalue weighted by Gasteiger charge is 2.87. The van der Waals surface area contributed by atoms with E-state index in [1.165, 1.54) is 76.1 Å². The molecule has 12 rings (SSSR count). The number of hydrogen-bond acceptors (Lipinski definition) is 2. The lowest BCUT2D eigenvalue weighted by atomic mass is 9.12. The van der Waals surface area contributed by atoms with Crippen LogP contribution in [0.2, 0.25) is 0 Å². The number of anilines is 6. The van der Waals surface area contributed by atoms with Crippen molar-refractivity contribution in [2.24, 2.45) is 23.2 Å². The third kappa shape index (κ3) is 4.22. The Morgan fingerprint density at radius 2 is 0.857 bits per heavy atom. The van der Waals surface area contributed by atoms with Gasteiger partial charge in [-0.3, -0.25) is 0 Å². The molecule has 0 amide bonds. The van der Waals surface area contributed by atoms with E-state index in [0.29, 0.717) is 10.8 Å². The SMILES string of the molecule is CC1(C)c2cc(N(c3ccccc3)c3ccccc3)ccc2-c2ccc(N(c3ccccc3)c3cccc(-c4cccc(C56CC7CC8CC(C5)C876)c4)c3)cc21. The average Bonchev–Trinajstić information content (AvgIpc) is 3.43. The molecule has 0 heterocycles. The summed E-state index contributed by atoms with van der Waals surface area (Å²) >= 11 is 0. The zero-order chi connectivity index (χ0) is 37.2. The van der Waals surface area contributed by atoms with E-state index in [1.54, 1.807) is 5.56 Å². The molecule has 0 aliphatic heterocycles. The fraction of sp³-hybridized carbons (Fsp3) is 0.222. The average molecular weight is 723 g/mol. The van der Waals surface area contributed by atoms with Crippen LogP contribution in [0.25, 0.3) is 22.3 Å². The molecule has 1 spiro atoms. The summed E-state index contributed by atoms with van der Waals surface area (Å²) in [5.74, 6) is 3.03. The maximum Gasteiger partial charge on any atom is 0.0467 e. The van der Waals surface area contributed by atoms with Gasteiger partial charge in [-0.15, -0.1) is 0 Å². The fourth-order valence-electron chi connectivity index (χ4n) is 12.9. The minimum atomic E-state index is -0.194. The predicted molar refractivity (Wildman–Crippen MR) is 232 cm³/mol. The summed E-state index contributed by atoms with van der Waals surface area (Å²) in [6.07, 6.45) is 5.85. The molecule has 2 nitrogen and oxygen atoms in total. The van der Waals surface area contributed by atoms with E-state index < -0.39 is 0 Å². The summed E-state index contributed by atoms with van der Waals surface area (Å²) in [6.45, 7) is 4.79. The number of rotatable bonds is 8. The van der Waals surface area contributed by atoms with Gasteiger partial charge in [0.05, 0.1) is 0 Å². The topological polar surface area (TPSA) is 6.48 Å². The summed E-state index contributed by atoms with van der Waals surface area (Å²) in [7, 11) is 0. The molecule has 7 aromatic rings. The van der Waals surface area contributed by atoms with E-state index in [2.05, 4.69) is 200 Å². The number of hydrogen-bond donors (Lipinski definition) is 0. The molecular weight excluding hydrogens is 677 g/mol. The molecular formula is C54H46N2. The van der Waals surface area contributed by atoms with Crippen molar-refractivity contribution >= 4 is 34.1 Å². The summed E-state index contributed by atoms with van der Waals surface area (Å²) in [4.78, 5) is 4.82. The largest absolute Gasteiger partial charge is 0.310 e. The monoisotopic (exact) mass is 722 g/mol. The molecule has 2 atom stereocenters. The van der Waals surface area contributed by atoms with Gasteiger partial charge in [-0.1, -0.05) is 117 Å². The summed E-state index contributed by atoms with van der Waals surface area (Å²) < 4.78 is 0. The van der Waals surface area contributed by atoms with Crippen molar-refractivity contribution < 1.29 is 0 Å². The Balaban J connectivity index is 0.918. The van der Waals surface area contributed by atoms with E-state index in [9.17, 15) is 0 Å². The Kier molecular flexibility index (Phi) is 6.70. The van der Waals surface area contributed by atoms with Gasteiger partial charge in [0.15, 0.2) is 0 Å². The highest BCUT2D eigenvalue weighted by Crippen LogP contribution is 2.92. The van der Waals surface area contributed by atoms with Crippen molar-refractivity contribution in [1.29, 1.82) is 0 Å². The lowest BCUT2D eigenvalue weighted by molar-refractivity contribution is -0.395. The molecule has 0 bridgehead atoms. The molecule has 5 aliphatic carbocycles. The van der Waals surface area contributed by atoms with Crippen molar-refractivity contribution in [2.75, 3.05) is 9.80 Å². The molecule has 4 saturated carbocycles. The van der Waals surface area contributed by atoms with E-state index in [0.717, 1.165) is 34.8 Å². The predicted octanol–water partition coefficient (Wildman–Crippen LogP) is 14.3. The highest BCUT2D eigenvalue weighted by atomic mass is 15.1. The lowest BCUT2D eigenvalue weighted by Gasteiger charge is -2.91. The molecule has 56 heavy (non-hydrogen) atoms. The molecule has 0 N–H and O–H groups in total. The van der Waals surface area contributed by atoms with Gasteiger partial charge < -0.3 is 9.80 Å². The maximum atomic E-state index is 2.56. The quantitative estimate of drug-likeness (QED) is 0.154. The second-order valence-corrected chi connectivity index (χ2v) is 17.9. The first-order valence-corrected chi connectivity index (χ1v) is 20.7. The minimum Gasteiger partial charge on any atom is -0.310 e. The minimum absolute atomic E-state index is 0.194. The third-order valence-electron chi connectivity index (χ3n) is 15.2. The molecule has 2 heteroatoms. The Hall–Kier alpha value is -5.86. The smallest absolute Gasteiger partial charge is 0.0467 e. The first kappa shape index (κ1) is 32.4. The standard InChI is InChI=1S/C54H46N2/c1-52(2)50-32-46(55(42-17-6-3-7-18-42)43-19-8-4-9-20-43)24-26-48(50)49-27-25-47(33-51(49)52)56(44-21-10-5-11-22-44)45-23-13-15-37(29-45)36-14-12-16-38(28-36)53-34-40-30-39-31-41(35-53)54(39,40)53/h3-29,32-33,39-41H,30-31,34-35H2,1-2H3. The molecule has 2 unspecified atom stereocenters. The van der Waals surface area contributed by atoms with Gasteiger partial charge in [0, 0.05) is 45.0 Å². The van der Waals surface area contributed by atoms with Gasteiger partial charge in [0.25, 0.3) is 0 Å². The van der Waals surface area contributed by atoms with Crippen molar-refractivity contribution in [3.05, 3.63) is 193 Å². The Morgan fingerprint density at radius 3 is 1.36 bits per heavy atom. The van der Waals surface area contributed by atoms with Crippen molar-refractivity contribution in [2.45, 2.75) is 50.4 Å². The van der Waals surface area contributed by atoms with Crippen LogP contribution in [-0.4, -0.2) is 0 Å². The van der Waals surface area contributed by atoms with Crippen LogP contribution >= 0.6 is 0 Å². The van der Waals surface area contributed by atoms with Crippen molar-refractivity contribution in [3.8, 4) is 22.3 Å². The molecule has 7 aromatic carbocycles. The first-order valence-electron chi connectivity index (χ1n) is 20.7. The molecule has 0 radical (unpaired) electrons. The summed E-state index contributed by atoms with van der Waals surface area (Å²) in [5, 5.41) is 0. The van der Waals surface area contributed by atoms with Gasteiger partial charge in [-0.05, 0) is 161 Å². The fourth-order valence-corrected chi connectivity index (χ4v) is 12.9. The Morgan fingerprint density at radius 1 is 0.411 bits per heavy atom. The van der Waals surface area contributed by atoms with Gasteiger partial charge in [0.1, 0.15) is 0 Å².